The second-order valence-corrected chi connectivity index (χ2v) is 4.69. The van der Waals surface area contributed by atoms with E-state index in [0.717, 1.165) is 30.7 Å². The van der Waals surface area contributed by atoms with E-state index in [-0.39, 0.29) is 5.71 Å². The number of carboxylic acid groups (broad SMARTS) is 1. The summed E-state index contributed by atoms with van der Waals surface area (Å²) in [6, 6.07) is 7.84. The van der Waals surface area contributed by atoms with E-state index in [0.29, 0.717) is 6.61 Å². The van der Waals surface area contributed by atoms with Gasteiger partial charge in [0.1, 0.15) is 6.61 Å². The molecular formula is C14H18ClNO3. The Bertz CT molecular complexity index is 429. The lowest BCUT2D eigenvalue weighted by Crippen LogP contribution is -2.08. The molecule has 0 saturated heterocycles. The Balaban J connectivity index is 2.07. The Kier molecular flexibility index (Phi) is 6.97. The van der Waals surface area contributed by atoms with Crippen molar-refractivity contribution < 1.29 is 14.7 Å². The number of oxime groups is 1. The van der Waals surface area contributed by atoms with Gasteiger partial charge < -0.3 is 9.94 Å². The largest absolute Gasteiger partial charge is 0.477 e. The highest BCUT2D eigenvalue weighted by Crippen LogP contribution is 2.12. The van der Waals surface area contributed by atoms with Gasteiger partial charge in [0.25, 0.3) is 0 Å². The Morgan fingerprint density at radius 3 is 2.58 bits per heavy atom. The number of hydrogen-bond acceptors (Lipinski definition) is 3. The van der Waals surface area contributed by atoms with E-state index in [9.17, 15) is 4.79 Å². The summed E-state index contributed by atoms with van der Waals surface area (Å²) in [5, 5.41) is 12.8. The lowest BCUT2D eigenvalue weighted by molar-refractivity contribution is -0.129. The molecule has 0 atom stereocenters. The third-order valence-corrected chi connectivity index (χ3v) is 2.88. The molecule has 5 heteroatoms. The highest BCUT2D eigenvalue weighted by atomic mass is 35.5. The Hall–Kier alpha value is -1.55. The molecular weight excluding hydrogens is 266 g/mol. The van der Waals surface area contributed by atoms with E-state index in [1.807, 2.05) is 24.3 Å². The molecule has 19 heavy (non-hydrogen) atoms. The van der Waals surface area contributed by atoms with Crippen LogP contribution in [-0.2, 0) is 16.1 Å². The maximum Gasteiger partial charge on any atom is 0.353 e. The summed E-state index contributed by atoms with van der Waals surface area (Å²) in [6.07, 6.45) is 3.95. The van der Waals surface area contributed by atoms with Gasteiger partial charge in [-0.05, 0) is 50.3 Å². The van der Waals surface area contributed by atoms with Crippen LogP contribution in [0.15, 0.2) is 29.4 Å². The third kappa shape index (κ3) is 6.82. The molecule has 0 fully saturated rings. The maximum atomic E-state index is 10.4. The number of aryl methyl sites for hydroxylation is 1. The third-order valence-electron chi connectivity index (χ3n) is 2.63. The lowest BCUT2D eigenvalue weighted by Gasteiger charge is -2.02. The average Bonchev–Trinajstić information content (AvgIpc) is 2.39. The van der Waals surface area contributed by atoms with E-state index >= 15 is 0 Å². The highest BCUT2D eigenvalue weighted by molar-refractivity contribution is 6.34. The zero-order valence-electron chi connectivity index (χ0n) is 10.9. The van der Waals surface area contributed by atoms with Gasteiger partial charge in [0.2, 0.25) is 0 Å². The van der Waals surface area contributed by atoms with Gasteiger partial charge in [-0.15, -0.1) is 0 Å². The normalized spacial score (nSPS) is 11.4. The molecule has 1 N–H and O–H groups in total. The topological polar surface area (TPSA) is 58.9 Å². The van der Waals surface area contributed by atoms with Gasteiger partial charge in [0.15, 0.2) is 5.71 Å². The minimum atomic E-state index is -1.05. The van der Waals surface area contributed by atoms with Crippen molar-refractivity contribution in [3.8, 4) is 0 Å². The molecule has 1 aromatic carbocycles. The average molecular weight is 284 g/mol. The van der Waals surface area contributed by atoms with Crippen LogP contribution >= 0.6 is 11.6 Å². The molecule has 0 amide bonds. The Labute approximate surface area is 118 Å². The van der Waals surface area contributed by atoms with Gasteiger partial charge in [0, 0.05) is 5.02 Å². The zero-order valence-corrected chi connectivity index (χ0v) is 11.7. The number of hydrogen-bond donors (Lipinski definition) is 1. The van der Waals surface area contributed by atoms with Gasteiger partial charge >= 0.3 is 5.97 Å². The first-order valence-electron chi connectivity index (χ1n) is 6.24. The number of halogens is 1. The fourth-order valence-electron chi connectivity index (χ4n) is 1.51. The summed E-state index contributed by atoms with van der Waals surface area (Å²) < 4.78 is 0. The lowest BCUT2D eigenvalue weighted by atomic mass is 10.1. The van der Waals surface area contributed by atoms with Crippen LogP contribution in [0.2, 0.25) is 5.02 Å². The first-order valence-corrected chi connectivity index (χ1v) is 6.61. The highest BCUT2D eigenvalue weighted by Gasteiger charge is 2.01. The van der Waals surface area contributed by atoms with E-state index in [1.165, 1.54) is 12.5 Å². The zero-order chi connectivity index (χ0) is 14.1. The molecule has 0 spiro atoms. The molecule has 0 unspecified atom stereocenters. The molecule has 0 aromatic heterocycles. The predicted octanol–water partition coefficient (Wildman–Crippen LogP) is 3.53. The second kappa shape index (κ2) is 8.53. The van der Waals surface area contributed by atoms with Crippen molar-refractivity contribution >= 4 is 23.3 Å². The summed E-state index contributed by atoms with van der Waals surface area (Å²) in [5.74, 6) is -1.05. The molecule has 0 aliphatic carbocycles. The van der Waals surface area contributed by atoms with Crippen molar-refractivity contribution in [3.05, 3.63) is 34.9 Å². The van der Waals surface area contributed by atoms with Crippen LogP contribution in [0.4, 0.5) is 0 Å². The molecule has 104 valence electrons. The molecule has 0 heterocycles. The van der Waals surface area contributed by atoms with Crippen LogP contribution in [-0.4, -0.2) is 23.4 Å². The SMILES string of the molecule is CC(=NOCCCCCc1ccc(Cl)cc1)C(=O)O. The first-order chi connectivity index (χ1) is 9.09. The van der Waals surface area contributed by atoms with Crippen molar-refractivity contribution in [2.75, 3.05) is 6.61 Å². The van der Waals surface area contributed by atoms with Gasteiger partial charge in [-0.1, -0.05) is 28.9 Å². The smallest absolute Gasteiger partial charge is 0.353 e. The van der Waals surface area contributed by atoms with Crippen molar-refractivity contribution in [1.82, 2.24) is 0 Å². The second-order valence-electron chi connectivity index (χ2n) is 4.25. The van der Waals surface area contributed by atoms with E-state index in [1.54, 1.807) is 0 Å². The summed E-state index contributed by atoms with van der Waals surface area (Å²) in [7, 11) is 0. The fraction of sp³-hybridized carbons (Fsp3) is 0.429. The Morgan fingerprint density at radius 1 is 1.26 bits per heavy atom. The molecule has 1 rings (SSSR count). The van der Waals surface area contributed by atoms with Crippen LogP contribution in [0.1, 0.15) is 31.7 Å². The number of carboxylic acids is 1. The molecule has 1 aromatic rings. The summed E-state index contributed by atoms with van der Waals surface area (Å²) >= 11 is 5.81. The number of rotatable bonds is 8. The minimum Gasteiger partial charge on any atom is -0.477 e. The number of unbranched alkanes of at least 4 members (excludes halogenated alkanes) is 2. The van der Waals surface area contributed by atoms with Crippen molar-refractivity contribution in [1.29, 1.82) is 0 Å². The molecule has 0 bridgehead atoms. The molecule has 0 aliphatic rings. The van der Waals surface area contributed by atoms with E-state index in [4.69, 9.17) is 21.5 Å². The summed E-state index contributed by atoms with van der Waals surface area (Å²) in [6.45, 7) is 1.86. The van der Waals surface area contributed by atoms with Crippen LogP contribution in [0.3, 0.4) is 0 Å². The quantitative estimate of drug-likeness (QED) is 0.451. The molecule has 0 radical (unpaired) electrons. The van der Waals surface area contributed by atoms with Crippen LogP contribution in [0.5, 0.6) is 0 Å². The van der Waals surface area contributed by atoms with Gasteiger partial charge in [-0.25, -0.2) is 4.79 Å². The van der Waals surface area contributed by atoms with Crippen LogP contribution in [0.25, 0.3) is 0 Å². The molecule has 4 nitrogen and oxygen atoms in total. The maximum absolute atomic E-state index is 10.4. The molecule has 0 saturated carbocycles. The summed E-state index contributed by atoms with van der Waals surface area (Å²) in [4.78, 5) is 15.3. The predicted molar refractivity (Wildman–Crippen MR) is 75.7 cm³/mol. The van der Waals surface area contributed by atoms with E-state index < -0.39 is 5.97 Å². The first kappa shape index (κ1) is 15.5. The van der Waals surface area contributed by atoms with Gasteiger partial charge in [-0.3, -0.25) is 0 Å². The van der Waals surface area contributed by atoms with Gasteiger partial charge in [-0.2, -0.15) is 0 Å². The standard InChI is InChI=1S/C14H18ClNO3/c1-11(14(17)18)16-19-10-4-2-3-5-12-6-8-13(15)9-7-12/h6-9H,2-5,10H2,1H3,(H,17,18). The molecule has 0 aliphatic heterocycles. The minimum absolute atomic E-state index is 0.0267. The number of aliphatic carboxylic acids is 1. The van der Waals surface area contributed by atoms with Crippen molar-refractivity contribution in [3.63, 3.8) is 0 Å². The number of nitrogens with zero attached hydrogens (tertiary/aromatic N) is 1. The van der Waals surface area contributed by atoms with Crippen LogP contribution < -0.4 is 0 Å². The van der Waals surface area contributed by atoms with Gasteiger partial charge in [0.05, 0.1) is 0 Å². The summed E-state index contributed by atoms with van der Waals surface area (Å²) in [5.41, 5.74) is 1.24. The Morgan fingerprint density at radius 2 is 1.95 bits per heavy atom. The fourth-order valence-corrected chi connectivity index (χ4v) is 1.63. The number of benzene rings is 1. The van der Waals surface area contributed by atoms with Crippen molar-refractivity contribution in [2.24, 2.45) is 5.16 Å². The van der Waals surface area contributed by atoms with E-state index in [2.05, 4.69) is 5.16 Å². The monoisotopic (exact) mass is 283 g/mol. The number of carbonyl (C=O) groups is 1. The van der Waals surface area contributed by atoms with Crippen LogP contribution in [0, 0.1) is 0 Å². The van der Waals surface area contributed by atoms with Crippen molar-refractivity contribution in [2.45, 2.75) is 32.6 Å².